The van der Waals surface area contributed by atoms with Crippen LogP contribution >= 0.6 is 0 Å². The van der Waals surface area contributed by atoms with Crippen molar-refractivity contribution in [2.75, 3.05) is 26.7 Å². The number of amides is 4. The van der Waals surface area contributed by atoms with E-state index in [1.165, 1.54) is 4.90 Å². The number of urea groups is 1. The third-order valence-corrected chi connectivity index (χ3v) is 7.12. The van der Waals surface area contributed by atoms with E-state index in [0.29, 0.717) is 31.8 Å². The molecule has 2 aromatic rings. The molecule has 1 aromatic heterocycles. The van der Waals surface area contributed by atoms with Gasteiger partial charge in [0.05, 0.1) is 13.5 Å². The number of carbonyl (C=O) groups is 3. The van der Waals surface area contributed by atoms with Gasteiger partial charge in [0, 0.05) is 43.9 Å². The van der Waals surface area contributed by atoms with E-state index in [1.54, 1.807) is 24.1 Å². The number of hydrogen-bond acceptors (Lipinski definition) is 5. The van der Waals surface area contributed by atoms with E-state index < -0.39 is 12.1 Å². The lowest BCUT2D eigenvalue weighted by molar-refractivity contribution is -0.137. The van der Waals surface area contributed by atoms with Crippen LogP contribution in [0.15, 0.2) is 47.3 Å². The standard InChI is InChI=1S/C25H28N4O5/c1-34-21-7-3-2-5-17(21)9-10-28-24(32)19(26-25(28)33)12-23(31)27-13-16-11-18(15-27)20-6-4-8-22(30)29(20)14-16/h2-8,16,18-19H,9-15H2,1H3,(H,26,33)/t16-,18+,19+/m1/s1. The lowest BCUT2D eigenvalue weighted by Crippen LogP contribution is -2.50. The topological polar surface area (TPSA) is 101 Å². The van der Waals surface area contributed by atoms with Crippen LogP contribution in [0.4, 0.5) is 4.79 Å². The minimum Gasteiger partial charge on any atom is -0.496 e. The molecule has 1 aromatic carbocycles. The van der Waals surface area contributed by atoms with Crippen LogP contribution < -0.4 is 15.6 Å². The van der Waals surface area contributed by atoms with Crippen molar-refractivity contribution in [3.63, 3.8) is 0 Å². The average molecular weight is 465 g/mol. The maximum atomic E-state index is 13.1. The van der Waals surface area contributed by atoms with Crippen molar-refractivity contribution in [1.82, 2.24) is 19.7 Å². The van der Waals surface area contributed by atoms with Gasteiger partial charge in [-0.3, -0.25) is 19.3 Å². The van der Waals surface area contributed by atoms with E-state index in [4.69, 9.17) is 4.74 Å². The number of benzene rings is 1. The Bertz CT molecular complexity index is 1190. The monoisotopic (exact) mass is 464 g/mol. The van der Waals surface area contributed by atoms with Crippen LogP contribution in [0.25, 0.3) is 0 Å². The summed E-state index contributed by atoms with van der Waals surface area (Å²) in [5.41, 5.74) is 1.87. The molecule has 4 heterocycles. The smallest absolute Gasteiger partial charge is 0.324 e. The van der Waals surface area contributed by atoms with Gasteiger partial charge in [0.25, 0.3) is 11.5 Å². The summed E-state index contributed by atoms with van der Waals surface area (Å²) in [4.78, 5) is 53.7. The predicted octanol–water partition coefficient (Wildman–Crippen LogP) is 1.36. The Hall–Kier alpha value is -3.62. The minimum atomic E-state index is -0.852. The number of imide groups is 1. The summed E-state index contributed by atoms with van der Waals surface area (Å²) in [6.45, 7) is 1.90. The zero-order valence-corrected chi connectivity index (χ0v) is 19.1. The first-order valence-corrected chi connectivity index (χ1v) is 11.7. The highest BCUT2D eigenvalue weighted by molar-refractivity contribution is 6.05. The predicted molar refractivity (Wildman–Crippen MR) is 123 cm³/mol. The van der Waals surface area contributed by atoms with E-state index in [9.17, 15) is 19.2 Å². The van der Waals surface area contributed by atoms with Crippen LogP contribution in [0.1, 0.15) is 30.0 Å². The number of nitrogens with zero attached hydrogens (tertiary/aromatic N) is 3. The Balaban J connectivity index is 1.21. The number of nitrogens with one attached hydrogen (secondary N) is 1. The molecule has 178 valence electrons. The second-order valence-electron chi connectivity index (χ2n) is 9.25. The van der Waals surface area contributed by atoms with Crippen LogP contribution in [0.2, 0.25) is 0 Å². The number of pyridine rings is 1. The molecule has 0 radical (unpaired) electrons. The second-order valence-corrected chi connectivity index (χ2v) is 9.25. The molecule has 0 aliphatic carbocycles. The molecule has 5 rings (SSSR count). The lowest BCUT2D eigenvalue weighted by Gasteiger charge is -2.43. The fourth-order valence-electron chi connectivity index (χ4n) is 5.47. The number of fused-ring (bicyclic) bond motifs is 4. The SMILES string of the molecule is COc1ccccc1CCN1C(=O)N[C@@H](CC(=O)N2C[C@H]3C[C@@H](C2)c2cccc(=O)n2C3)C1=O. The molecule has 9 heteroatoms. The number of piperidine rings is 1. The Morgan fingerprint density at radius 2 is 1.88 bits per heavy atom. The van der Waals surface area contributed by atoms with Crippen molar-refractivity contribution >= 4 is 17.8 Å². The maximum absolute atomic E-state index is 13.1. The quantitative estimate of drug-likeness (QED) is 0.651. The summed E-state index contributed by atoms with van der Waals surface area (Å²) < 4.78 is 7.16. The molecule has 0 saturated carbocycles. The molecule has 2 bridgehead atoms. The summed E-state index contributed by atoms with van der Waals surface area (Å²) in [6, 6.07) is 11.5. The number of methoxy groups -OCH3 is 1. The van der Waals surface area contributed by atoms with Gasteiger partial charge in [-0.2, -0.15) is 0 Å². The molecule has 2 saturated heterocycles. The van der Waals surface area contributed by atoms with Crippen molar-refractivity contribution in [1.29, 1.82) is 0 Å². The number of likely N-dealkylation sites (tertiary alicyclic amines) is 1. The average Bonchev–Trinajstić information content (AvgIpc) is 3.10. The van der Waals surface area contributed by atoms with Gasteiger partial charge in [-0.25, -0.2) is 4.79 Å². The fraction of sp³-hybridized carbons (Fsp3) is 0.440. The van der Waals surface area contributed by atoms with Gasteiger partial charge in [-0.15, -0.1) is 0 Å². The molecule has 1 N–H and O–H groups in total. The van der Waals surface area contributed by atoms with E-state index in [0.717, 1.165) is 17.7 Å². The van der Waals surface area contributed by atoms with Crippen LogP contribution in [0, 0.1) is 5.92 Å². The van der Waals surface area contributed by atoms with Gasteiger partial charge in [0.2, 0.25) is 5.91 Å². The Morgan fingerprint density at radius 3 is 2.71 bits per heavy atom. The molecule has 4 amide bonds. The van der Waals surface area contributed by atoms with Crippen LogP contribution in [0.3, 0.4) is 0 Å². The third kappa shape index (κ3) is 4.06. The van der Waals surface area contributed by atoms with E-state index >= 15 is 0 Å². The highest BCUT2D eigenvalue weighted by atomic mass is 16.5. The van der Waals surface area contributed by atoms with Crippen molar-refractivity contribution in [2.24, 2.45) is 5.92 Å². The summed E-state index contributed by atoms with van der Waals surface area (Å²) in [6.07, 6.45) is 1.36. The Kier molecular flexibility index (Phi) is 5.85. The number of para-hydroxylation sites is 1. The second kappa shape index (κ2) is 8.96. The van der Waals surface area contributed by atoms with E-state index in [-0.39, 0.29) is 42.2 Å². The molecule has 3 aliphatic heterocycles. The molecule has 9 nitrogen and oxygen atoms in total. The van der Waals surface area contributed by atoms with E-state index in [1.807, 2.05) is 34.9 Å². The largest absolute Gasteiger partial charge is 0.496 e. The van der Waals surface area contributed by atoms with Crippen molar-refractivity contribution < 1.29 is 19.1 Å². The van der Waals surface area contributed by atoms with Gasteiger partial charge in [0.15, 0.2) is 0 Å². The number of carbonyl (C=O) groups excluding carboxylic acids is 3. The van der Waals surface area contributed by atoms with E-state index in [2.05, 4.69) is 5.32 Å². The molecule has 0 spiro atoms. The first-order chi connectivity index (χ1) is 16.4. The summed E-state index contributed by atoms with van der Waals surface area (Å²) in [5, 5.41) is 2.68. The fourth-order valence-corrected chi connectivity index (χ4v) is 5.47. The summed E-state index contributed by atoms with van der Waals surface area (Å²) in [7, 11) is 1.58. The molecule has 3 aliphatic rings. The van der Waals surface area contributed by atoms with Crippen molar-refractivity contribution in [2.45, 2.75) is 37.8 Å². The van der Waals surface area contributed by atoms with Crippen molar-refractivity contribution in [3.8, 4) is 5.75 Å². The Morgan fingerprint density at radius 1 is 1.06 bits per heavy atom. The Labute approximate surface area is 197 Å². The number of rotatable bonds is 6. The third-order valence-electron chi connectivity index (χ3n) is 7.12. The maximum Gasteiger partial charge on any atom is 0.324 e. The molecule has 3 atom stereocenters. The lowest BCUT2D eigenvalue weighted by atomic mass is 9.83. The molecular formula is C25H28N4O5. The van der Waals surface area contributed by atoms with Crippen LogP contribution in [-0.4, -0.2) is 65.0 Å². The summed E-state index contributed by atoms with van der Waals surface area (Å²) in [5.74, 6) is 0.507. The molecule has 34 heavy (non-hydrogen) atoms. The van der Waals surface area contributed by atoms with Crippen molar-refractivity contribution in [3.05, 3.63) is 64.1 Å². The normalized spacial score (nSPS) is 23.5. The van der Waals surface area contributed by atoms with Crippen LogP contribution in [0.5, 0.6) is 5.75 Å². The zero-order valence-electron chi connectivity index (χ0n) is 19.1. The molecule has 2 fully saturated rings. The minimum absolute atomic E-state index is 0.000504. The van der Waals surface area contributed by atoms with Gasteiger partial charge >= 0.3 is 6.03 Å². The highest BCUT2D eigenvalue weighted by Gasteiger charge is 2.41. The van der Waals surface area contributed by atoms with Gasteiger partial charge in [-0.05, 0) is 36.5 Å². The zero-order chi connectivity index (χ0) is 23.8. The summed E-state index contributed by atoms with van der Waals surface area (Å²) >= 11 is 0. The number of aromatic nitrogens is 1. The van der Waals surface area contributed by atoms with Gasteiger partial charge in [0.1, 0.15) is 11.8 Å². The number of hydrogen-bond donors (Lipinski definition) is 1. The number of ether oxygens (including phenoxy) is 1. The molecule has 0 unspecified atom stereocenters. The van der Waals surface area contributed by atoms with Gasteiger partial charge in [-0.1, -0.05) is 24.3 Å². The van der Waals surface area contributed by atoms with Crippen LogP contribution in [-0.2, 0) is 22.6 Å². The van der Waals surface area contributed by atoms with Gasteiger partial charge < -0.3 is 19.5 Å². The first-order valence-electron chi connectivity index (χ1n) is 11.7. The molecular weight excluding hydrogens is 436 g/mol. The highest BCUT2D eigenvalue weighted by Crippen LogP contribution is 2.35. The first kappa shape index (κ1) is 22.2.